The predicted molar refractivity (Wildman–Crippen MR) is 79.9 cm³/mol. The second-order valence-corrected chi connectivity index (χ2v) is 5.52. The van der Waals surface area contributed by atoms with Crippen LogP contribution in [-0.4, -0.2) is 10.9 Å². The van der Waals surface area contributed by atoms with Gasteiger partial charge in [-0.25, -0.2) is 0 Å². The van der Waals surface area contributed by atoms with Gasteiger partial charge in [-0.3, -0.25) is 4.79 Å². The van der Waals surface area contributed by atoms with Crippen molar-refractivity contribution in [3.63, 3.8) is 0 Å². The minimum absolute atomic E-state index is 0.203. The summed E-state index contributed by atoms with van der Waals surface area (Å²) in [4.78, 5) is 14.9. The van der Waals surface area contributed by atoms with Gasteiger partial charge in [0.05, 0.1) is 5.92 Å². The van der Waals surface area contributed by atoms with Crippen LogP contribution in [-0.2, 0) is 11.2 Å². The first kappa shape index (κ1) is 13.9. The monoisotopic (exact) mass is 278 g/mol. The molecule has 1 atom stereocenters. The van der Waals surface area contributed by atoms with E-state index in [2.05, 4.69) is 4.98 Å². The Bertz CT molecular complexity index is 551. The van der Waals surface area contributed by atoms with Crippen LogP contribution in [0.15, 0.2) is 11.1 Å². The number of fused-ring (bicyclic) bond motifs is 1. The number of nitrogens with one attached hydrogen (secondary N) is 1. The Morgan fingerprint density at radius 2 is 2.26 bits per heavy atom. The molecule has 1 heterocycles. The van der Waals surface area contributed by atoms with Crippen LogP contribution in [0.5, 0.6) is 0 Å². The van der Waals surface area contributed by atoms with Gasteiger partial charge in [0.25, 0.3) is 0 Å². The standard InChI is InChI=1S/C15H19ClN2O/c1-3-5-13-12(8-9(2)16)10-6-4-7-11(15(17)19)14(10)18-13/h3,5,8,11,18H,4,6-7H2,1-2H3,(H2,17,19)/b5-3-,9-8+. The van der Waals surface area contributed by atoms with E-state index in [1.54, 1.807) is 0 Å². The fraction of sp³-hybridized carbons (Fsp3) is 0.400. The number of primary amides is 1. The summed E-state index contributed by atoms with van der Waals surface area (Å²) in [5.41, 5.74) is 9.74. The number of rotatable bonds is 3. The van der Waals surface area contributed by atoms with Crippen molar-refractivity contribution in [2.75, 3.05) is 0 Å². The van der Waals surface area contributed by atoms with Crippen LogP contribution in [0.4, 0.5) is 0 Å². The molecule has 0 saturated heterocycles. The van der Waals surface area contributed by atoms with Gasteiger partial charge in [-0.05, 0) is 50.8 Å². The number of carbonyl (C=O) groups is 1. The van der Waals surface area contributed by atoms with Gasteiger partial charge in [-0.1, -0.05) is 17.7 Å². The Morgan fingerprint density at radius 1 is 1.53 bits per heavy atom. The van der Waals surface area contributed by atoms with Crippen molar-refractivity contribution in [1.82, 2.24) is 4.98 Å². The maximum atomic E-state index is 11.6. The zero-order chi connectivity index (χ0) is 14.0. The lowest BCUT2D eigenvalue weighted by molar-refractivity contribution is -0.119. The third kappa shape index (κ3) is 2.76. The number of carbonyl (C=O) groups excluding carboxylic acids is 1. The van der Waals surface area contributed by atoms with Gasteiger partial charge in [-0.15, -0.1) is 0 Å². The highest BCUT2D eigenvalue weighted by Crippen LogP contribution is 2.36. The molecule has 3 N–H and O–H groups in total. The molecule has 1 unspecified atom stereocenters. The van der Waals surface area contributed by atoms with Crippen LogP contribution in [0.3, 0.4) is 0 Å². The number of amides is 1. The van der Waals surface area contributed by atoms with Crippen LogP contribution in [0.25, 0.3) is 12.2 Å². The second kappa shape index (κ2) is 5.66. The molecule has 0 fully saturated rings. The van der Waals surface area contributed by atoms with Crippen molar-refractivity contribution in [3.8, 4) is 0 Å². The van der Waals surface area contributed by atoms with Crippen LogP contribution in [0, 0.1) is 0 Å². The average molecular weight is 279 g/mol. The highest BCUT2D eigenvalue weighted by atomic mass is 35.5. The molecule has 19 heavy (non-hydrogen) atoms. The fourth-order valence-electron chi connectivity index (χ4n) is 2.74. The summed E-state index contributed by atoms with van der Waals surface area (Å²) in [6.07, 6.45) is 8.69. The van der Waals surface area contributed by atoms with Crippen LogP contribution in [0.1, 0.15) is 55.1 Å². The molecule has 0 aliphatic heterocycles. The summed E-state index contributed by atoms with van der Waals surface area (Å²) in [6.45, 7) is 3.82. The number of nitrogens with two attached hydrogens (primary N) is 1. The van der Waals surface area contributed by atoms with Crippen LogP contribution < -0.4 is 5.73 Å². The molecule has 4 heteroatoms. The highest BCUT2D eigenvalue weighted by Gasteiger charge is 2.29. The maximum absolute atomic E-state index is 11.6. The molecule has 1 aliphatic carbocycles. The lowest BCUT2D eigenvalue weighted by Gasteiger charge is -2.19. The van der Waals surface area contributed by atoms with Crippen LogP contribution in [0.2, 0.25) is 0 Å². The first-order chi connectivity index (χ1) is 9.04. The van der Waals surface area contributed by atoms with Crippen molar-refractivity contribution in [2.24, 2.45) is 5.73 Å². The Kier molecular flexibility index (Phi) is 4.15. The Balaban J connectivity index is 2.60. The average Bonchev–Trinajstić information content (AvgIpc) is 2.67. The summed E-state index contributed by atoms with van der Waals surface area (Å²) < 4.78 is 0. The van der Waals surface area contributed by atoms with E-state index in [0.717, 1.165) is 41.2 Å². The summed E-state index contributed by atoms with van der Waals surface area (Å²) in [5.74, 6) is -0.460. The summed E-state index contributed by atoms with van der Waals surface area (Å²) in [7, 11) is 0. The van der Waals surface area contributed by atoms with Crippen molar-refractivity contribution >= 4 is 29.7 Å². The van der Waals surface area contributed by atoms with E-state index in [0.29, 0.717) is 0 Å². The van der Waals surface area contributed by atoms with E-state index in [-0.39, 0.29) is 11.8 Å². The van der Waals surface area contributed by atoms with Crippen molar-refractivity contribution < 1.29 is 4.79 Å². The Morgan fingerprint density at radius 3 is 2.84 bits per heavy atom. The quantitative estimate of drug-likeness (QED) is 0.873. The van der Waals surface area contributed by atoms with E-state index in [9.17, 15) is 4.79 Å². The number of allylic oxidation sites excluding steroid dienone is 2. The number of aromatic nitrogens is 1. The largest absolute Gasteiger partial charge is 0.369 e. The topological polar surface area (TPSA) is 58.9 Å². The fourth-order valence-corrected chi connectivity index (χ4v) is 2.85. The van der Waals surface area contributed by atoms with Crippen LogP contribution >= 0.6 is 11.6 Å². The normalized spacial score (nSPS) is 19.7. The van der Waals surface area contributed by atoms with Gasteiger partial charge in [0, 0.05) is 22.0 Å². The number of halogens is 1. The minimum atomic E-state index is -0.257. The van der Waals surface area contributed by atoms with E-state index < -0.39 is 0 Å². The van der Waals surface area contributed by atoms with E-state index in [1.807, 2.05) is 32.1 Å². The number of aromatic amines is 1. The maximum Gasteiger partial charge on any atom is 0.226 e. The molecule has 102 valence electrons. The van der Waals surface area contributed by atoms with Gasteiger partial charge >= 0.3 is 0 Å². The van der Waals surface area contributed by atoms with Crippen molar-refractivity contribution in [1.29, 1.82) is 0 Å². The summed E-state index contributed by atoms with van der Waals surface area (Å²) >= 11 is 6.01. The zero-order valence-corrected chi connectivity index (χ0v) is 12.1. The molecular formula is C15H19ClN2O. The third-order valence-corrected chi connectivity index (χ3v) is 3.61. The van der Waals surface area contributed by atoms with Gasteiger partial charge in [0.1, 0.15) is 0 Å². The molecule has 0 bridgehead atoms. The lowest BCUT2D eigenvalue weighted by atomic mass is 9.85. The van der Waals surface area contributed by atoms with E-state index in [1.165, 1.54) is 5.56 Å². The molecule has 0 aromatic carbocycles. The molecular weight excluding hydrogens is 260 g/mol. The molecule has 0 radical (unpaired) electrons. The molecule has 0 spiro atoms. The first-order valence-electron chi connectivity index (χ1n) is 6.55. The molecule has 1 aromatic rings. The smallest absolute Gasteiger partial charge is 0.226 e. The lowest BCUT2D eigenvalue weighted by Crippen LogP contribution is -2.25. The number of H-pyrrole nitrogens is 1. The number of hydrogen-bond donors (Lipinski definition) is 2. The molecule has 0 saturated carbocycles. The zero-order valence-electron chi connectivity index (χ0n) is 11.3. The van der Waals surface area contributed by atoms with Gasteiger partial charge < -0.3 is 10.7 Å². The Labute approximate surface area is 118 Å². The van der Waals surface area contributed by atoms with E-state index >= 15 is 0 Å². The molecule has 2 rings (SSSR count). The molecule has 1 amide bonds. The van der Waals surface area contributed by atoms with E-state index in [4.69, 9.17) is 17.3 Å². The summed E-state index contributed by atoms with van der Waals surface area (Å²) in [6, 6.07) is 0. The number of hydrogen-bond acceptors (Lipinski definition) is 1. The van der Waals surface area contributed by atoms with Gasteiger partial charge in [-0.2, -0.15) is 0 Å². The summed E-state index contributed by atoms with van der Waals surface area (Å²) in [5, 5.41) is 0.730. The van der Waals surface area contributed by atoms with Gasteiger partial charge in [0.15, 0.2) is 0 Å². The molecule has 1 aromatic heterocycles. The van der Waals surface area contributed by atoms with Gasteiger partial charge in [0.2, 0.25) is 5.91 Å². The second-order valence-electron chi connectivity index (χ2n) is 4.92. The Hall–Kier alpha value is -1.48. The third-order valence-electron chi connectivity index (χ3n) is 3.50. The first-order valence-corrected chi connectivity index (χ1v) is 6.93. The highest BCUT2D eigenvalue weighted by molar-refractivity contribution is 6.31. The molecule has 1 aliphatic rings. The predicted octanol–water partition coefficient (Wildman–Crippen LogP) is 3.55. The van der Waals surface area contributed by atoms with Crippen molar-refractivity contribution in [3.05, 3.63) is 33.6 Å². The van der Waals surface area contributed by atoms with Crippen molar-refractivity contribution in [2.45, 2.75) is 39.0 Å². The molecule has 3 nitrogen and oxygen atoms in total. The minimum Gasteiger partial charge on any atom is -0.369 e. The SMILES string of the molecule is C/C=C\c1[nH]c2c(c1/C=C(\C)Cl)CCCC2C(N)=O.